The van der Waals surface area contributed by atoms with Crippen molar-refractivity contribution in [3.63, 3.8) is 0 Å². The second-order valence-corrected chi connectivity index (χ2v) is 4.87. The molecule has 0 unspecified atom stereocenters. The number of nitrogens with one attached hydrogen (secondary N) is 1. The van der Waals surface area contributed by atoms with E-state index in [2.05, 4.69) is 25.1 Å². The van der Waals surface area contributed by atoms with Crippen LogP contribution in [0, 0.1) is 0 Å². The number of thioether (sulfide) groups is 1. The molecular formula is C8H14N2OS. The van der Waals surface area contributed by atoms with Crippen molar-refractivity contribution in [3.05, 3.63) is 22.9 Å². The first kappa shape index (κ1) is 9.45. The number of hydrogen-bond acceptors (Lipinski definition) is 2. The lowest BCUT2D eigenvalue weighted by molar-refractivity contribution is 0.555. The molecule has 1 aromatic rings. The molecule has 0 spiro atoms. The highest BCUT2D eigenvalue weighted by Gasteiger charge is 2.17. The third-order valence-electron chi connectivity index (χ3n) is 1.83. The van der Waals surface area contributed by atoms with Crippen LogP contribution in [0.15, 0.2) is 17.2 Å². The number of aromatic nitrogens is 2. The van der Waals surface area contributed by atoms with Crippen LogP contribution in [0.1, 0.15) is 13.8 Å². The predicted octanol–water partition coefficient (Wildman–Crippen LogP) is 1.32. The molecule has 1 N–H and O–H groups in total. The predicted molar refractivity (Wildman–Crippen MR) is 52.6 cm³/mol. The third-order valence-corrected chi connectivity index (χ3v) is 3.06. The summed E-state index contributed by atoms with van der Waals surface area (Å²) in [4.78, 5) is 13.7. The van der Waals surface area contributed by atoms with E-state index in [1.165, 1.54) is 0 Å². The summed E-state index contributed by atoms with van der Waals surface area (Å²) in [5, 5.41) is 0. The highest BCUT2D eigenvalue weighted by molar-refractivity contribution is 7.99. The maximum Gasteiger partial charge on any atom is 0.325 e. The summed E-state index contributed by atoms with van der Waals surface area (Å²) in [5.41, 5.74) is -0.0304. The molecule has 0 fully saturated rings. The number of aromatic amines is 1. The second kappa shape index (κ2) is 3.39. The standard InChI is InChI=1S/C8H14N2OS/c1-8(2,12-3)6-10-5-4-9-7(10)11/h4-5H,6H2,1-3H3,(H,9,11). The molecule has 0 amide bonds. The fourth-order valence-corrected chi connectivity index (χ4v) is 1.22. The largest absolute Gasteiger partial charge is 0.325 e. The van der Waals surface area contributed by atoms with Crippen LogP contribution in [0.4, 0.5) is 0 Å². The average Bonchev–Trinajstić information content (AvgIpc) is 2.36. The number of nitrogens with zero attached hydrogens (tertiary/aromatic N) is 1. The van der Waals surface area contributed by atoms with Crippen molar-refractivity contribution < 1.29 is 0 Å². The maximum atomic E-state index is 11.1. The molecule has 0 aliphatic carbocycles. The molecule has 0 aliphatic rings. The van der Waals surface area contributed by atoms with E-state index in [0.717, 1.165) is 6.54 Å². The van der Waals surface area contributed by atoms with E-state index in [1.807, 2.05) is 0 Å². The van der Waals surface area contributed by atoms with Crippen molar-refractivity contribution in [2.24, 2.45) is 0 Å². The van der Waals surface area contributed by atoms with Crippen LogP contribution in [-0.4, -0.2) is 20.6 Å². The summed E-state index contributed by atoms with van der Waals surface area (Å²) in [7, 11) is 0. The molecule has 0 atom stereocenters. The number of rotatable bonds is 3. The first-order valence-electron chi connectivity index (χ1n) is 3.84. The van der Waals surface area contributed by atoms with Gasteiger partial charge in [-0.15, -0.1) is 0 Å². The van der Waals surface area contributed by atoms with Gasteiger partial charge in [-0.3, -0.25) is 4.57 Å². The quantitative estimate of drug-likeness (QED) is 0.773. The molecule has 12 heavy (non-hydrogen) atoms. The monoisotopic (exact) mass is 186 g/mol. The molecule has 1 rings (SSSR count). The van der Waals surface area contributed by atoms with E-state index in [9.17, 15) is 4.79 Å². The van der Waals surface area contributed by atoms with Gasteiger partial charge in [0.05, 0.1) is 0 Å². The van der Waals surface area contributed by atoms with Gasteiger partial charge in [0.2, 0.25) is 0 Å². The first-order valence-corrected chi connectivity index (χ1v) is 5.06. The zero-order valence-corrected chi connectivity index (χ0v) is 8.44. The fraction of sp³-hybridized carbons (Fsp3) is 0.625. The zero-order chi connectivity index (χ0) is 9.19. The Balaban J connectivity index is 2.77. The van der Waals surface area contributed by atoms with Crippen LogP contribution in [0.2, 0.25) is 0 Å². The van der Waals surface area contributed by atoms with Gasteiger partial charge < -0.3 is 4.98 Å². The van der Waals surface area contributed by atoms with Gasteiger partial charge in [0.1, 0.15) is 0 Å². The second-order valence-electron chi connectivity index (χ2n) is 3.36. The van der Waals surface area contributed by atoms with E-state index >= 15 is 0 Å². The summed E-state index contributed by atoms with van der Waals surface area (Å²) in [6.07, 6.45) is 5.50. The summed E-state index contributed by atoms with van der Waals surface area (Å²) in [5.74, 6) is 0. The van der Waals surface area contributed by atoms with Crippen molar-refractivity contribution in [2.75, 3.05) is 6.26 Å². The Morgan fingerprint density at radius 2 is 2.33 bits per heavy atom. The molecule has 0 saturated heterocycles. The van der Waals surface area contributed by atoms with Crippen LogP contribution in [0.3, 0.4) is 0 Å². The molecule has 0 saturated carbocycles. The Morgan fingerprint density at radius 3 is 2.75 bits per heavy atom. The van der Waals surface area contributed by atoms with Crippen LogP contribution in [0.5, 0.6) is 0 Å². The minimum absolute atomic E-state index is 0.0304. The number of imidazole rings is 1. The highest BCUT2D eigenvalue weighted by Crippen LogP contribution is 2.22. The van der Waals surface area contributed by atoms with Gasteiger partial charge in [-0.05, 0) is 20.1 Å². The molecular weight excluding hydrogens is 172 g/mol. The SMILES string of the molecule is CSC(C)(C)Cn1cc[nH]c1=O. The summed E-state index contributed by atoms with van der Waals surface area (Å²) in [6, 6.07) is 0. The molecule has 3 nitrogen and oxygen atoms in total. The summed E-state index contributed by atoms with van der Waals surface area (Å²) in [6.45, 7) is 4.99. The molecule has 4 heteroatoms. The van der Waals surface area contributed by atoms with Gasteiger partial charge in [0, 0.05) is 23.7 Å². The molecule has 1 aromatic heterocycles. The average molecular weight is 186 g/mol. The molecule has 68 valence electrons. The maximum absolute atomic E-state index is 11.1. The Bertz CT molecular complexity index is 300. The Kier molecular flexibility index (Phi) is 2.67. The minimum Gasteiger partial charge on any atom is -0.313 e. The van der Waals surface area contributed by atoms with E-state index < -0.39 is 0 Å². The lowest BCUT2D eigenvalue weighted by Gasteiger charge is -2.21. The van der Waals surface area contributed by atoms with Crippen LogP contribution >= 0.6 is 11.8 Å². The molecule has 0 aromatic carbocycles. The van der Waals surface area contributed by atoms with Crippen molar-refractivity contribution >= 4 is 11.8 Å². The van der Waals surface area contributed by atoms with Gasteiger partial charge in [0.15, 0.2) is 0 Å². The topological polar surface area (TPSA) is 37.8 Å². The Hall–Kier alpha value is -0.640. The van der Waals surface area contributed by atoms with Gasteiger partial charge in [-0.1, -0.05) is 0 Å². The van der Waals surface area contributed by atoms with Crippen LogP contribution in [-0.2, 0) is 6.54 Å². The van der Waals surface area contributed by atoms with Gasteiger partial charge in [-0.25, -0.2) is 4.79 Å². The van der Waals surface area contributed by atoms with Crippen LogP contribution < -0.4 is 5.69 Å². The molecule has 0 radical (unpaired) electrons. The first-order chi connectivity index (χ1) is 5.55. The number of H-pyrrole nitrogens is 1. The van der Waals surface area contributed by atoms with Gasteiger partial charge >= 0.3 is 5.69 Å². The van der Waals surface area contributed by atoms with Gasteiger partial charge in [-0.2, -0.15) is 11.8 Å². The fourth-order valence-electron chi connectivity index (χ4n) is 0.948. The molecule has 1 heterocycles. The summed E-state index contributed by atoms with van der Waals surface area (Å²) >= 11 is 1.76. The van der Waals surface area contributed by atoms with E-state index in [0.29, 0.717) is 0 Å². The van der Waals surface area contributed by atoms with Crippen molar-refractivity contribution in [1.29, 1.82) is 0 Å². The summed E-state index contributed by atoms with van der Waals surface area (Å²) < 4.78 is 1.81. The van der Waals surface area contributed by atoms with Crippen molar-refractivity contribution in [3.8, 4) is 0 Å². The van der Waals surface area contributed by atoms with E-state index in [4.69, 9.17) is 0 Å². The Labute approximate surface area is 76.2 Å². The van der Waals surface area contributed by atoms with E-state index in [-0.39, 0.29) is 10.4 Å². The lowest BCUT2D eigenvalue weighted by atomic mass is 10.2. The zero-order valence-electron chi connectivity index (χ0n) is 7.63. The molecule has 0 bridgehead atoms. The normalized spacial score (nSPS) is 11.9. The van der Waals surface area contributed by atoms with Crippen molar-refractivity contribution in [1.82, 2.24) is 9.55 Å². The minimum atomic E-state index is -0.0304. The third kappa shape index (κ3) is 2.17. The van der Waals surface area contributed by atoms with E-state index in [1.54, 1.807) is 28.7 Å². The van der Waals surface area contributed by atoms with Crippen LogP contribution in [0.25, 0.3) is 0 Å². The lowest BCUT2D eigenvalue weighted by Crippen LogP contribution is -2.28. The molecule has 0 aliphatic heterocycles. The number of hydrogen-bond donors (Lipinski definition) is 1. The van der Waals surface area contributed by atoms with Crippen molar-refractivity contribution in [2.45, 2.75) is 25.1 Å². The Morgan fingerprint density at radius 1 is 1.67 bits per heavy atom. The highest BCUT2D eigenvalue weighted by atomic mass is 32.2. The van der Waals surface area contributed by atoms with Gasteiger partial charge in [0.25, 0.3) is 0 Å². The smallest absolute Gasteiger partial charge is 0.313 e.